The summed E-state index contributed by atoms with van der Waals surface area (Å²) in [5.74, 6) is -2.59. The largest absolute Gasteiger partial charge is 0.573 e. The Bertz CT molecular complexity index is 828. The lowest BCUT2D eigenvalue weighted by Gasteiger charge is -2.35. The van der Waals surface area contributed by atoms with E-state index in [1.807, 2.05) is 13.8 Å². The first-order valence-electron chi connectivity index (χ1n) is 9.02. The van der Waals surface area contributed by atoms with Crippen LogP contribution < -0.4 is 9.47 Å². The fourth-order valence-corrected chi connectivity index (χ4v) is 3.53. The van der Waals surface area contributed by atoms with Crippen molar-refractivity contribution in [3.8, 4) is 11.5 Å². The van der Waals surface area contributed by atoms with E-state index in [4.69, 9.17) is 14.0 Å². The molecule has 0 radical (unpaired) electrons. The second-order valence-corrected chi connectivity index (χ2v) is 8.73. The van der Waals surface area contributed by atoms with Gasteiger partial charge in [0.1, 0.15) is 18.0 Å². The zero-order chi connectivity index (χ0) is 21.9. The minimum absolute atomic E-state index is 0.00843. The average molecular weight is 440 g/mol. The molecule has 1 N–H and O–H groups in total. The molecule has 1 aliphatic rings. The molecule has 0 bridgehead atoms. The molecule has 0 aromatic heterocycles. The van der Waals surface area contributed by atoms with Crippen molar-refractivity contribution < 1.29 is 45.1 Å². The molecule has 1 fully saturated rings. The first-order chi connectivity index (χ1) is 13.3. The molecule has 0 amide bonds. The van der Waals surface area contributed by atoms with E-state index in [1.165, 1.54) is 0 Å². The van der Waals surface area contributed by atoms with Gasteiger partial charge in [0, 0.05) is 0 Å². The fraction of sp³-hybridized carbons (Fsp3) is 0.611. The average Bonchev–Trinajstić information content (AvgIpc) is 3.04. The molecule has 164 valence electrons. The summed E-state index contributed by atoms with van der Waals surface area (Å²) in [6.07, 6.45) is -1.91. The van der Waals surface area contributed by atoms with Crippen molar-refractivity contribution >= 4 is 16.1 Å². The Kier molecular flexibility index (Phi) is 7.05. The summed E-state index contributed by atoms with van der Waals surface area (Å²) in [6, 6.07) is 3.09. The van der Waals surface area contributed by atoms with Crippen molar-refractivity contribution in [3.05, 3.63) is 23.8 Å². The van der Waals surface area contributed by atoms with Crippen LogP contribution in [0, 0.1) is 5.92 Å². The second-order valence-electron chi connectivity index (χ2n) is 7.16. The van der Waals surface area contributed by atoms with Gasteiger partial charge in [-0.15, -0.1) is 13.2 Å². The summed E-state index contributed by atoms with van der Waals surface area (Å²) in [7, 11) is -4.32. The fourth-order valence-electron chi connectivity index (χ4n) is 3.24. The molecule has 0 saturated heterocycles. The summed E-state index contributed by atoms with van der Waals surface area (Å²) in [6.45, 7) is 3.21. The predicted octanol–water partition coefficient (Wildman–Crippen LogP) is 3.98. The van der Waals surface area contributed by atoms with Crippen LogP contribution in [-0.4, -0.2) is 43.3 Å². The Balaban J connectivity index is 2.29. The third-order valence-electron chi connectivity index (χ3n) is 4.79. The highest BCUT2D eigenvalue weighted by Gasteiger charge is 2.41. The van der Waals surface area contributed by atoms with Gasteiger partial charge in [0.05, 0.1) is 5.56 Å². The molecular formula is C18H23F3O7S. The summed E-state index contributed by atoms with van der Waals surface area (Å²) < 4.78 is 83.2. The summed E-state index contributed by atoms with van der Waals surface area (Å²) >= 11 is 0. The van der Waals surface area contributed by atoms with Crippen LogP contribution >= 0.6 is 0 Å². The number of carbonyl (C=O) groups excluding carboxylic acids is 1. The molecular weight excluding hydrogens is 417 g/mol. The van der Waals surface area contributed by atoms with Gasteiger partial charge in [0.15, 0.2) is 11.5 Å². The van der Waals surface area contributed by atoms with Crippen LogP contribution in [0.25, 0.3) is 0 Å². The lowest BCUT2D eigenvalue weighted by molar-refractivity contribution is -0.275. The Morgan fingerprint density at radius 1 is 1.21 bits per heavy atom. The maximum Gasteiger partial charge on any atom is 0.573 e. The van der Waals surface area contributed by atoms with Crippen LogP contribution in [0.2, 0.25) is 0 Å². The third-order valence-corrected chi connectivity index (χ3v) is 5.48. The van der Waals surface area contributed by atoms with Crippen LogP contribution in [-0.2, 0) is 14.9 Å². The van der Waals surface area contributed by atoms with Gasteiger partial charge in [-0.25, -0.2) is 4.79 Å². The van der Waals surface area contributed by atoms with E-state index in [0.29, 0.717) is 12.8 Å². The smallest absolute Gasteiger partial charge is 0.483 e. The maximum absolute atomic E-state index is 12.8. The Morgan fingerprint density at radius 2 is 1.83 bits per heavy atom. The first-order valence-corrected chi connectivity index (χ1v) is 10.6. The number of benzene rings is 1. The number of hydrogen-bond acceptors (Lipinski definition) is 6. The first kappa shape index (κ1) is 23.3. The molecule has 11 heteroatoms. The van der Waals surface area contributed by atoms with Gasteiger partial charge in [0.25, 0.3) is 10.1 Å². The van der Waals surface area contributed by atoms with E-state index < -0.39 is 46.2 Å². The Morgan fingerprint density at radius 3 is 2.34 bits per heavy atom. The Hall–Kier alpha value is -2.01. The van der Waals surface area contributed by atoms with E-state index >= 15 is 0 Å². The van der Waals surface area contributed by atoms with Crippen molar-refractivity contribution in [3.63, 3.8) is 0 Å². The predicted molar refractivity (Wildman–Crippen MR) is 96.5 cm³/mol. The van der Waals surface area contributed by atoms with Crippen LogP contribution in [0.3, 0.4) is 0 Å². The topological polar surface area (TPSA) is 99.1 Å². The molecule has 1 aliphatic carbocycles. The number of ether oxygens (including phenoxy) is 3. The van der Waals surface area contributed by atoms with Crippen molar-refractivity contribution in [1.29, 1.82) is 0 Å². The van der Waals surface area contributed by atoms with Crippen molar-refractivity contribution in [2.45, 2.75) is 51.5 Å². The molecule has 0 unspecified atom stereocenters. The number of hydrogen-bond donors (Lipinski definition) is 1. The minimum Gasteiger partial charge on any atom is -0.483 e. The quantitative estimate of drug-likeness (QED) is 0.482. The number of carbonyl (C=O) groups is 1. The maximum atomic E-state index is 12.8. The number of halogens is 3. The van der Waals surface area contributed by atoms with Gasteiger partial charge >= 0.3 is 12.3 Å². The van der Waals surface area contributed by atoms with E-state index in [9.17, 15) is 26.4 Å². The summed E-state index contributed by atoms with van der Waals surface area (Å²) in [5, 5.41) is 0. The summed E-state index contributed by atoms with van der Waals surface area (Å²) in [4.78, 5) is 12.1. The highest BCUT2D eigenvalue weighted by Crippen LogP contribution is 2.43. The minimum atomic E-state index is -4.95. The normalized spacial score (nSPS) is 16.7. The van der Waals surface area contributed by atoms with E-state index in [1.54, 1.807) is 0 Å². The molecule has 0 heterocycles. The molecule has 1 saturated carbocycles. The van der Waals surface area contributed by atoms with Gasteiger partial charge in [0.2, 0.25) is 0 Å². The number of rotatable bonds is 8. The summed E-state index contributed by atoms with van der Waals surface area (Å²) in [5.41, 5.74) is -0.821. The van der Waals surface area contributed by atoms with Crippen LogP contribution in [0.4, 0.5) is 13.2 Å². The molecule has 1 aromatic rings. The van der Waals surface area contributed by atoms with Gasteiger partial charge in [-0.05, 0) is 49.8 Å². The van der Waals surface area contributed by atoms with Gasteiger partial charge < -0.3 is 14.2 Å². The monoisotopic (exact) mass is 440 g/mol. The highest BCUT2D eigenvalue weighted by atomic mass is 32.2. The van der Waals surface area contributed by atoms with Crippen molar-refractivity contribution in [2.75, 3.05) is 12.4 Å². The van der Waals surface area contributed by atoms with Crippen LogP contribution in [0.15, 0.2) is 18.2 Å². The number of alkyl halides is 3. The molecule has 2 rings (SSSR count). The number of esters is 1. The lowest BCUT2D eigenvalue weighted by Crippen LogP contribution is -2.38. The zero-order valence-electron chi connectivity index (χ0n) is 16.0. The Labute approximate surface area is 166 Å². The molecule has 1 aromatic carbocycles. The second kappa shape index (κ2) is 8.78. The van der Waals surface area contributed by atoms with Crippen molar-refractivity contribution in [1.82, 2.24) is 0 Å². The van der Waals surface area contributed by atoms with E-state index in [-0.39, 0.29) is 17.2 Å². The standard InChI is InChI=1S/C18H23F3O7S/c1-12(2)17(7-3-4-8-17)27-15-11-13(5-6-14(15)28-18(19,20)21)16(22)26-9-10-29(23,24)25/h5-6,11-12H,3-4,7-10H2,1-2H3,(H,23,24,25). The van der Waals surface area contributed by atoms with Gasteiger partial charge in [-0.2, -0.15) is 8.42 Å². The highest BCUT2D eigenvalue weighted by molar-refractivity contribution is 7.85. The molecule has 0 spiro atoms. The van der Waals surface area contributed by atoms with Crippen molar-refractivity contribution in [2.24, 2.45) is 5.92 Å². The molecule has 0 atom stereocenters. The zero-order valence-corrected chi connectivity index (χ0v) is 16.8. The molecule has 7 nitrogen and oxygen atoms in total. The lowest BCUT2D eigenvalue weighted by atomic mass is 9.88. The third kappa shape index (κ3) is 6.77. The van der Waals surface area contributed by atoms with Gasteiger partial charge in [-0.1, -0.05) is 13.8 Å². The van der Waals surface area contributed by atoms with Crippen LogP contribution in [0.1, 0.15) is 49.9 Å². The van der Waals surface area contributed by atoms with E-state index in [0.717, 1.165) is 31.0 Å². The SMILES string of the molecule is CC(C)C1(Oc2cc(C(=O)OCCS(=O)(=O)O)ccc2OC(F)(F)F)CCCC1. The van der Waals surface area contributed by atoms with E-state index in [2.05, 4.69) is 4.74 Å². The van der Waals surface area contributed by atoms with Crippen LogP contribution in [0.5, 0.6) is 11.5 Å². The molecule has 0 aliphatic heterocycles. The van der Waals surface area contributed by atoms with Gasteiger partial charge in [-0.3, -0.25) is 4.55 Å². The molecule has 29 heavy (non-hydrogen) atoms.